The molecular formula is C15H12BrNO3. The van der Waals surface area contributed by atoms with Crippen LogP contribution in [0.15, 0.2) is 53.0 Å². The van der Waals surface area contributed by atoms with Crippen molar-refractivity contribution >= 4 is 27.6 Å². The van der Waals surface area contributed by atoms with Gasteiger partial charge in [-0.2, -0.15) is 0 Å². The van der Waals surface area contributed by atoms with E-state index in [4.69, 9.17) is 10.5 Å². The molecule has 5 heteroatoms. The molecule has 0 fully saturated rings. The Labute approximate surface area is 124 Å². The fourth-order valence-electron chi connectivity index (χ4n) is 1.68. The van der Waals surface area contributed by atoms with Gasteiger partial charge >= 0.3 is 0 Å². The number of ether oxygens (including phenoxy) is 1. The third-order valence-corrected chi connectivity index (χ3v) is 3.15. The standard InChI is InChI=1S/C15H12BrNO3/c16-11-5-3-4-10(8-11)13(18)9-20-14-7-2-1-6-12(14)15(17)19/h1-8H,9H2,(H2,17,19). The summed E-state index contributed by atoms with van der Waals surface area (Å²) < 4.78 is 6.21. The average molecular weight is 334 g/mol. The van der Waals surface area contributed by atoms with Crippen LogP contribution in [0.4, 0.5) is 0 Å². The summed E-state index contributed by atoms with van der Waals surface area (Å²) in [5.74, 6) is -0.454. The Morgan fingerprint density at radius 1 is 1.10 bits per heavy atom. The molecule has 0 saturated carbocycles. The molecule has 1 amide bonds. The summed E-state index contributed by atoms with van der Waals surface area (Å²) in [7, 11) is 0. The summed E-state index contributed by atoms with van der Waals surface area (Å²) in [6.07, 6.45) is 0. The number of nitrogens with two attached hydrogens (primary N) is 1. The maximum Gasteiger partial charge on any atom is 0.252 e. The van der Waals surface area contributed by atoms with Crippen LogP contribution in [-0.2, 0) is 0 Å². The zero-order valence-electron chi connectivity index (χ0n) is 10.5. The highest BCUT2D eigenvalue weighted by molar-refractivity contribution is 9.10. The molecule has 102 valence electrons. The van der Waals surface area contributed by atoms with Crippen molar-refractivity contribution in [3.8, 4) is 5.75 Å². The maximum absolute atomic E-state index is 12.0. The highest BCUT2D eigenvalue weighted by atomic mass is 79.9. The number of rotatable bonds is 5. The first kappa shape index (κ1) is 14.3. The van der Waals surface area contributed by atoms with Crippen molar-refractivity contribution in [3.05, 3.63) is 64.1 Å². The number of hydrogen-bond donors (Lipinski definition) is 1. The Bertz CT molecular complexity index is 655. The molecule has 0 spiro atoms. The van der Waals surface area contributed by atoms with Crippen molar-refractivity contribution in [2.75, 3.05) is 6.61 Å². The second kappa shape index (κ2) is 6.34. The van der Waals surface area contributed by atoms with Gasteiger partial charge < -0.3 is 10.5 Å². The summed E-state index contributed by atoms with van der Waals surface area (Å²) >= 11 is 3.30. The van der Waals surface area contributed by atoms with E-state index in [1.54, 1.807) is 42.5 Å². The van der Waals surface area contributed by atoms with Gasteiger partial charge in [0.2, 0.25) is 0 Å². The number of primary amides is 1. The van der Waals surface area contributed by atoms with Gasteiger partial charge in [0.1, 0.15) is 5.75 Å². The van der Waals surface area contributed by atoms with E-state index in [9.17, 15) is 9.59 Å². The van der Waals surface area contributed by atoms with E-state index in [1.165, 1.54) is 0 Å². The van der Waals surface area contributed by atoms with Crippen LogP contribution in [0.25, 0.3) is 0 Å². The molecule has 20 heavy (non-hydrogen) atoms. The van der Waals surface area contributed by atoms with Gasteiger partial charge in [-0.1, -0.05) is 40.2 Å². The topological polar surface area (TPSA) is 69.4 Å². The lowest BCUT2D eigenvalue weighted by molar-refractivity contribution is 0.0912. The van der Waals surface area contributed by atoms with Gasteiger partial charge in [0.15, 0.2) is 12.4 Å². The summed E-state index contributed by atoms with van der Waals surface area (Å²) in [4.78, 5) is 23.2. The average Bonchev–Trinajstić information content (AvgIpc) is 2.45. The Hall–Kier alpha value is -2.14. The van der Waals surface area contributed by atoms with E-state index >= 15 is 0 Å². The van der Waals surface area contributed by atoms with Crippen LogP contribution < -0.4 is 10.5 Å². The summed E-state index contributed by atoms with van der Waals surface area (Å²) in [6.45, 7) is -0.152. The van der Waals surface area contributed by atoms with Gasteiger partial charge in [-0.05, 0) is 24.3 Å². The van der Waals surface area contributed by atoms with Crippen LogP contribution >= 0.6 is 15.9 Å². The first-order valence-corrected chi connectivity index (χ1v) is 6.67. The molecule has 2 aromatic carbocycles. The van der Waals surface area contributed by atoms with Crippen LogP contribution in [0.2, 0.25) is 0 Å². The molecule has 4 nitrogen and oxygen atoms in total. The first-order chi connectivity index (χ1) is 9.58. The molecule has 2 aromatic rings. The van der Waals surface area contributed by atoms with Crippen LogP contribution in [0.5, 0.6) is 5.75 Å². The van der Waals surface area contributed by atoms with E-state index in [0.717, 1.165) is 4.47 Å². The lowest BCUT2D eigenvalue weighted by atomic mass is 10.1. The lowest BCUT2D eigenvalue weighted by Crippen LogP contribution is -2.16. The molecule has 0 radical (unpaired) electrons. The molecule has 0 saturated heterocycles. The Kier molecular flexibility index (Phi) is 4.53. The molecule has 0 bridgehead atoms. The number of carbonyl (C=O) groups excluding carboxylic acids is 2. The number of halogens is 1. The SMILES string of the molecule is NC(=O)c1ccccc1OCC(=O)c1cccc(Br)c1. The van der Waals surface area contributed by atoms with E-state index in [2.05, 4.69) is 15.9 Å². The number of Topliss-reactive ketones (excluding diaryl/α,β-unsaturated/α-hetero) is 1. The molecular weight excluding hydrogens is 322 g/mol. The minimum atomic E-state index is -0.587. The van der Waals surface area contributed by atoms with E-state index in [0.29, 0.717) is 11.3 Å². The third kappa shape index (κ3) is 3.45. The first-order valence-electron chi connectivity index (χ1n) is 5.88. The van der Waals surface area contributed by atoms with Crippen molar-refractivity contribution in [2.45, 2.75) is 0 Å². The van der Waals surface area contributed by atoms with Crippen molar-refractivity contribution in [2.24, 2.45) is 5.73 Å². The smallest absolute Gasteiger partial charge is 0.252 e. The van der Waals surface area contributed by atoms with Crippen LogP contribution in [-0.4, -0.2) is 18.3 Å². The quantitative estimate of drug-likeness (QED) is 0.855. The number of carbonyl (C=O) groups is 2. The molecule has 0 unspecified atom stereocenters. The van der Waals surface area contributed by atoms with Gasteiger partial charge in [0.25, 0.3) is 5.91 Å². The molecule has 0 aliphatic rings. The number of amides is 1. The summed E-state index contributed by atoms with van der Waals surface area (Å²) in [6, 6.07) is 13.6. The monoisotopic (exact) mass is 333 g/mol. The molecule has 2 rings (SSSR count). The fourth-order valence-corrected chi connectivity index (χ4v) is 2.08. The molecule has 0 heterocycles. The van der Waals surface area contributed by atoms with Crippen LogP contribution in [0.3, 0.4) is 0 Å². The predicted octanol–water partition coefficient (Wildman–Crippen LogP) is 2.81. The number of benzene rings is 2. The Balaban J connectivity index is 2.09. The van der Waals surface area contributed by atoms with Crippen LogP contribution in [0.1, 0.15) is 20.7 Å². The maximum atomic E-state index is 12.0. The Morgan fingerprint density at radius 3 is 2.55 bits per heavy atom. The minimum Gasteiger partial charge on any atom is -0.485 e. The van der Waals surface area contributed by atoms with Gasteiger partial charge in [-0.3, -0.25) is 9.59 Å². The van der Waals surface area contributed by atoms with Crippen molar-refractivity contribution in [1.29, 1.82) is 0 Å². The number of ketones is 1. The zero-order valence-corrected chi connectivity index (χ0v) is 12.1. The number of hydrogen-bond acceptors (Lipinski definition) is 3. The highest BCUT2D eigenvalue weighted by Gasteiger charge is 2.11. The highest BCUT2D eigenvalue weighted by Crippen LogP contribution is 2.18. The zero-order chi connectivity index (χ0) is 14.5. The Morgan fingerprint density at radius 2 is 1.85 bits per heavy atom. The molecule has 0 aromatic heterocycles. The summed E-state index contributed by atoms with van der Waals surface area (Å²) in [5, 5.41) is 0. The van der Waals surface area contributed by atoms with E-state index in [-0.39, 0.29) is 18.0 Å². The molecule has 0 aliphatic carbocycles. The molecule has 0 aliphatic heterocycles. The largest absolute Gasteiger partial charge is 0.485 e. The van der Waals surface area contributed by atoms with Crippen molar-refractivity contribution in [3.63, 3.8) is 0 Å². The van der Waals surface area contributed by atoms with Crippen molar-refractivity contribution in [1.82, 2.24) is 0 Å². The van der Waals surface area contributed by atoms with Crippen molar-refractivity contribution < 1.29 is 14.3 Å². The molecule has 2 N–H and O–H groups in total. The van der Waals surface area contributed by atoms with Gasteiger partial charge in [0, 0.05) is 10.0 Å². The van der Waals surface area contributed by atoms with Gasteiger partial charge in [-0.25, -0.2) is 0 Å². The summed E-state index contributed by atoms with van der Waals surface area (Å²) in [5.41, 5.74) is 6.04. The second-order valence-corrected chi connectivity index (χ2v) is 5.00. The number of para-hydroxylation sites is 1. The van der Waals surface area contributed by atoms with E-state index in [1.807, 2.05) is 6.07 Å². The third-order valence-electron chi connectivity index (χ3n) is 2.66. The van der Waals surface area contributed by atoms with Gasteiger partial charge in [0.05, 0.1) is 5.56 Å². The predicted molar refractivity (Wildman–Crippen MR) is 78.9 cm³/mol. The van der Waals surface area contributed by atoms with E-state index < -0.39 is 5.91 Å². The lowest BCUT2D eigenvalue weighted by Gasteiger charge is -2.08. The normalized spacial score (nSPS) is 10.1. The van der Waals surface area contributed by atoms with Gasteiger partial charge in [-0.15, -0.1) is 0 Å². The second-order valence-electron chi connectivity index (χ2n) is 4.08. The fraction of sp³-hybridized carbons (Fsp3) is 0.0667. The molecule has 0 atom stereocenters. The minimum absolute atomic E-state index is 0.152. The van der Waals surface area contributed by atoms with Crippen LogP contribution in [0, 0.1) is 0 Å².